The van der Waals surface area contributed by atoms with Gasteiger partial charge in [-0.25, -0.2) is 8.42 Å². The highest BCUT2D eigenvalue weighted by atomic mass is 32.2. The smallest absolute Gasteiger partial charge is 0.181 e. The summed E-state index contributed by atoms with van der Waals surface area (Å²) in [6.07, 6.45) is 17.6. The molecule has 6 aliphatic rings. The minimum atomic E-state index is -3.61. The quantitative estimate of drug-likeness (QED) is 0.319. The Morgan fingerprint density at radius 2 is 1.51 bits per heavy atom. The second kappa shape index (κ2) is 10.2. The molecular weight excluding hydrogens is 552 g/mol. The van der Waals surface area contributed by atoms with Crippen molar-refractivity contribution in [2.45, 2.75) is 145 Å². The lowest BCUT2D eigenvalue weighted by molar-refractivity contribution is -0.0724. The van der Waals surface area contributed by atoms with Gasteiger partial charge in [-0.1, -0.05) is 50.6 Å². The van der Waals surface area contributed by atoms with Crippen LogP contribution in [-0.2, 0) is 9.84 Å². The summed E-state index contributed by atoms with van der Waals surface area (Å²) in [6.45, 7) is 9.23. The third-order valence-corrected chi connectivity index (χ3v) is 17.2. The Balaban J connectivity index is 1.17. The summed E-state index contributed by atoms with van der Waals surface area (Å²) in [7, 11) is -3.61. The van der Waals surface area contributed by atoms with E-state index in [-0.39, 0.29) is 16.7 Å². The minimum Gasteiger partial charge on any atom is -0.390 e. The average Bonchev–Trinajstić information content (AvgIpc) is 3.65. The molecule has 0 bridgehead atoms. The number of allylic oxidation sites excluding steroid dienone is 1. The largest absolute Gasteiger partial charge is 0.390 e. The highest BCUT2D eigenvalue weighted by Crippen LogP contribution is 2.68. The lowest BCUT2D eigenvalue weighted by Crippen LogP contribution is -2.53. The van der Waals surface area contributed by atoms with E-state index < -0.39 is 26.3 Å². The fourth-order valence-corrected chi connectivity index (χ4v) is 14.0. The number of benzene rings is 1. The molecule has 7 rings (SSSR count). The lowest BCUT2D eigenvalue weighted by atomic mass is 9.46. The van der Waals surface area contributed by atoms with Crippen molar-refractivity contribution >= 4 is 9.84 Å². The van der Waals surface area contributed by atoms with Crippen LogP contribution < -0.4 is 0 Å². The number of hydrogen-bond acceptors (Lipinski definition) is 4. The van der Waals surface area contributed by atoms with Crippen LogP contribution in [0.1, 0.15) is 124 Å². The molecule has 0 aliphatic heterocycles. The molecule has 1 aromatic carbocycles. The van der Waals surface area contributed by atoms with Gasteiger partial charge in [0.05, 0.1) is 21.3 Å². The first-order valence-electron chi connectivity index (χ1n) is 17.6. The van der Waals surface area contributed by atoms with E-state index in [1.165, 1.54) is 31.3 Å². The monoisotopic (exact) mass is 608 g/mol. The first-order valence-corrected chi connectivity index (χ1v) is 19.2. The molecular formula is C38H56O4S. The molecule has 1 unspecified atom stereocenters. The Hall–Kier alpha value is -1.17. The summed E-state index contributed by atoms with van der Waals surface area (Å²) in [5.74, 6) is 2.26. The van der Waals surface area contributed by atoms with Gasteiger partial charge >= 0.3 is 0 Å². The van der Waals surface area contributed by atoms with Crippen molar-refractivity contribution in [1.82, 2.24) is 0 Å². The van der Waals surface area contributed by atoms with E-state index in [4.69, 9.17) is 0 Å². The fourth-order valence-electron chi connectivity index (χ4n) is 11.8. The van der Waals surface area contributed by atoms with Crippen molar-refractivity contribution in [2.24, 2.45) is 45.8 Å². The Bertz CT molecular complexity index is 1350. The van der Waals surface area contributed by atoms with Gasteiger partial charge in [-0.3, -0.25) is 0 Å². The van der Waals surface area contributed by atoms with E-state index in [2.05, 4.69) is 26.8 Å². The van der Waals surface area contributed by atoms with E-state index in [1.54, 1.807) is 12.1 Å². The fraction of sp³-hybridized carbons (Fsp3) is 0.789. The molecule has 5 heteroatoms. The van der Waals surface area contributed by atoms with Crippen LogP contribution in [0.15, 0.2) is 46.9 Å². The second-order valence-electron chi connectivity index (χ2n) is 17.3. The Morgan fingerprint density at radius 1 is 0.837 bits per heavy atom. The minimum absolute atomic E-state index is 0.00681. The lowest BCUT2D eigenvalue weighted by Gasteiger charge is -2.59. The van der Waals surface area contributed by atoms with Crippen molar-refractivity contribution in [3.05, 3.63) is 42.0 Å². The maximum atomic E-state index is 14.5. The van der Waals surface area contributed by atoms with Gasteiger partial charge in [-0.15, -0.1) is 0 Å². The number of aliphatic hydroxyl groups is 2. The summed E-state index contributed by atoms with van der Waals surface area (Å²) < 4.78 is 29.0. The van der Waals surface area contributed by atoms with E-state index >= 15 is 0 Å². The van der Waals surface area contributed by atoms with Crippen LogP contribution in [0.2, 0.25) is 0 Å². The van der Waals surface area contributed by atoms with Crippen molar-refractivity contribution in [2.75, 3.05) is 0 Å². The van der Waals surface area contributed by atoms with Gasteiger partial charge in [-0.05, 0) is 161 Å². The van der Waals surface area contributed by atoms with Crippen LogP contribution in [0.5, 0.6) is 0 Å². The zero-order valence-corrected chi connectivity index (χ0v) is 28.0. The van der Waals surface area contributed by atoms with Gasteiger partial charge < -0.3 is 10.2 Å². The zero-order valence-electron chi connectivity index (χ0n) is 27.2. The predicted molar refractivity (Wildman–Crippen MR) is 172 cm³/mol. The SMILES string of the molecule is C[C@H](C(CC1(O)CCC2(CC1)CC2)S(=O)(=O)c1ccccc1)[C@H]1CC[C@H]2[C@@H]3CC=C4C[C@@](C)(O)CC[C@]4(C)[C@H]3CC[C@]12C. The molecule has 0 saturated heterocycles. The molecule has 1 aromatic rings. The molecule has 0 aromatic heterocycles. The van der Waals surface area contributed by atoms with Gasteiger partial charge in [0.25, 0.3) is 0 Å². The van der Waals surface area contributed by atoms with Gasteiger partial charge in [-0.2, -0.15) is 0 Å². The van der Waals surface area contributed by atoms with Crippen LogP contribution in [0.3, 0.4) is 0 Å². The Labute approximate surface area is 261 Å². The standard InChI is InChI=1S/C38H56O4S/c1-26(33(43(41,42)28-8-6-5-7-9-28)25-38(40)22-20-37(18-19-37)21-23-38)30-12-13-31-29-11-10-27-24-34(2,39)16-17-35(27,3)32(29)14-15-36(30,31)4/h5-10,26,29-33,39-40H,11-25H2,1-4H3/t26-,29-,30+,31-,32-,33?,34-,35-,36+/m0/s1. The average molecular weight is 609 g/mol. The molecule has 6 aliphatic carbocycles. The molecule has 0 amide bonds. The summed E-state index contributed by atoms with van der Waals surface area (Å²) in [5.41, 5.74) is 0.816. The first kappa shape index (κ1) is 30.5. The normalized spacial score (nSPS) is 42.7. The molecule has 5 saturated carbocycles. The van der Waals surface area contributed by atoms with Gasteiger partial charge in [0.15, 0.2) is 9.84 Å². The first-order chi connectivity index (χ1) is 20.2. The highest BCUT2D eigenvalue weighted by Gasteiger charge is 2.61. The maximum Gasteiger partial charge on any atom is 0.181 e. The molecule has 0 radical (unpaired) electrons. The molecule has 1 spiro atoms. The number of sulfone groups is 1. The summed E-state index contributed by atoms with van der Waals surface area (Å²) in [5, 5.41) is 22.2. The summed E-state index contributed by atoms with van der Waals surface area (Å²) >= 11 is 0. The van der Waals surface area contributed by atoms with Gasteiger partial charge in [0.1, 0.15) is 0 Å². The predicted octanol–water partition coefficient (Wildman–Crippen LogP) is 8.27. The third-order valence-electron chi connectivity index (χ3n) is 14.9. The number of rotatable bonds is 6. The molecule has 238 valence electrons. The van der Waals surface area contributed by atoms with Crippen LogP contribution in [0.4, 0.5) is 0 Å². The topological polar surface area (TPSA) is 74.6 Å². The molecule has 9 atom stereocenters. The molecule has 5 fully saturated rings. The third kappa shape index (κ3) is 5.01. The van der Waals surface area contributed by atoms with E-state index in [0.29, 0.717) is 40.4 Å². The summed E-state index contributed by atoms with van der Waals surface area (Å²) in [4.78, 5) is 0.416. The number of fused-ring (bicyclic) bond motifs is 5. The van der Waals surface area contributed by atoms with Crippen LogP contribution >= 0.6 is 0 Å². The maximum absolute atomic E-state index is 14.5. The molecule has 43 heavy (non-hydrogen) atoms. The Morgan fingerprint density at radius 3 is 2.19 bits per heavy atom. The van der Waals surface area contributed by atoms with E-state index in [0.717, 1.165) is 64.2 Å². The molecule has 2 N–H and O–H groups in total. The number of hydrogen-bond donors (Lipinski definition) is 2. The van der Waals surface area contributed by atoms with Gasteiger partial charge in [0, 0.05) is 0 Å². The van der Waals surface area contributed by atoms with Crippen molar-refractivity contribution < 1.29 is 18.6 Å². The van der Waals surface area contributed by atoms with Crippen molar-refractivity contribution in [1.29, 1.82) is 0 Å². The van der Waals surface area contributed by atoms with Crippen LogP contribution in [0, 0.1) is 45.8 Å². The van der Waals surface area contributed by atoms with Crippen molar-refractivity contribution in [3.63, 3.8) is 0 Å². The Kier molecular flexibility index (Phi) is 7.21. The zero-order chi connectivity index (χ0) is 30.5. The van der Waals surface area contributed by atoms with Crippen LogP contribution in [-0.4, -0.2) is 35.1 Å². The second-order valence-corrected chi connectivity index (χ2v) is 19.5. The van der Waals surface area contributed by atoms with E-state index in [9.17, 15) is 18.6 Å². The molecule has 0 heterocycles. The summed E-state index contributed by atoms with van der Waals surface area (Å²) in [6, 6.07) is 9.09. The van der Waals surface area contributed by atoms with Crippen LogP contribution in [0.25, 0.3) is 0 Å². The van der Waals surface area contributed by atoms with E-state index in [1.807, 2.05) is 25.1 Å². The highest BCUT2D eigenvalue weighted by molar-refractivity contribution is 7.92. The van der Waals surface area contributed by atoms with Gasteiger partial charge in [0.2, 0.25) is 0 Å². The molecule has 4 nitrogen and oxygen atoms in total. The van der Waals surface area contributed by atoms with Crippen molar-refractivity contribution in [3.8, 4) is 0 Å².